The van der Waals surface area contributed by atoms with Crippen molar-refractivity contribution in [2.45, 2.75) is 25.9 Å². The molecule has 1 amide bonds. The molecule has 0 aliphatic carbocycles. The van der Waals surface area contributed by atoms with Crippen molar-refractivity contribution < 1.29 is 4.79 Å². The van der Waals surface area contributed by atoms with Crippen LogP contribution in [0.1, 0.15) is 23.6 Å². The summed E-state index contributed by atoms with van der Waals surface area (Å²) < 4.78 is 0. The highest BCUT2D eigenvalue weighted by molar-refractivity contribution is 5.95. The lowest BCUT2D eigenvalue weighted by Gasteiger charge is -2.36. The molecule has 0 aromatic heterocycles. The summed E-state index contributed by atoms with van der Waals surface area (Å²) in [6.07, 6.45) is 0.557. The molecular weight excluding hydrogens is 410 g/mol. The number of amides is 1. The number of fused-ring (bicyclic) bond motifs is 1. The van der Waals surface area contributed by atoms with Gasteiger partial charge in [0.15, 0.2) is 0 Å². The molecule has 0 bridgehead atoms. The average Bonchev–Trinajstić information content (AvgIpc) is 2.86. The number of rotatable bonds is 8. The lowest BCUT2D eigenvalue weighted by molar-refractivity contribution is -0.135. The predicted molar refractivity (Wildman–Crippen MR) is 134 cm³/mol. The molecule has 4 rings (SSSR count). The zero-order chi connectivity index (χ0) is 23.2. The molecule has 1 aliphatic heterocycles. The number of hydrogen-bond acceptors (Lipinski definition) is 4. The molecule has 1 aliphatic rings. The molecule has 3 aromatic rings. The van der Waals surface area contributed by atoms with Gasteiger partial charge in [-0.2, -0.15) is 0 Å². The standard InChI is InChI=1S/C27H33N5O/c1-2-31-12-14-32(15-13-31)27(33)25(18-20-6-5-9-24(16-20)26(28)29)30-19-21-10-11-22-7-3-4-8-23(22)17-21/h3-11,16-17,25,30H,2,12-15,18-19H2,1H3,(H3,28,29). The third-order valence-corrected chi connectivity index (χ3v) is 6.47. The van der Waals surface area contributed by atoms with E-state index in [-0.39, 0.29) is 17.8 Å². The smallest absolute Gasteiger partial charge is 0.240 e. The molecule has 6 heteroatoms. The van der Waals surface area contributed by atoms with Crippen LogP contribution in [0.5, 0.6) is 0 Å². The first-order valence-electron chi connectivity index (χ1n) is 11.7. The Balaban J connectivity index is 1.51. The first-order chi connectivity index (χ1) is 16.0. The van der Waals surface area contributed by atoms with Crippen molar-refractivity contribution in [3.63, 3.8) is 0 Å². The summed E-state index contributed by atoms with van der Waals surface area (Å²) >= 11 is 0. The Morgan fingerprint density at radius 1 is 0.970 bits per heavy atom. The number of nitrogens with zero attached hydrogens (tertiary/aromatic N) is 2. The van der Waals surface area contributed by atoms with Crippen molar-refractivity contribution in [3.05, 3.63) is 83.4 Å². The molecule has 1 saturated heterocycles. The summed E-state index contributed by atoms with van der Waals surface area (Å²) in [5.74, 6) is 0.180. The molecule has 6 nitrogen and oxygen atoms in total. The SMILES string of the molecule is CCN1CCN(C(=O)C(Cc2cccc(C(=N)N)c2)NCc2ccc3ccccc3c2)CC1. The van der Waals surface area contributed by atoms with Crippen molar-refractivity contribution >= 4 is 22.5 Å². The highest BCUT2D eigenvalue weighted by atomic mass is 16.2. The molecule has 1 unspecified atom stereocenters. The fourth-order valence-corrected chi connectivity index (χ4v) is 4.44. The van der Waals surface area contributed by atoms with Gasteiger partial charge in [0.25, 0.3) is 0 Å². The Kier molecular flexibility index (Phi) is 7.37. The summed E-state index contributed by atoms with van der Waals surface area (Å²) in [6.45, 7) is 7.14. The first kappa shape index (κ1) is 23.0. The highest BCUT2D eigenvalue weighted by Crippen LogP contribution is 2.17. The van der Waals surface area contributed by atoms with E-state index in [0.717, 1.165) is 43.9 Å². The number of hydrogen-bond donors (Lipinski definition) is 3. The third kappa shape index (κ3) is 5.78. The van der Waals surface area contributed by atoms with Gasteiger partial charge in [0.2, 0.25) is 5.91 Å². The van der Waals surface area contributed by atoms with E-state index in [4.69, 9.17) is 11.1 Å². The van der Waals surface area contributed by atoms with Gasteiger partial charge in [-0.05, 0) is 47.0 Å². The van der Waals surface area contributed by atoms with Crippen LogP contribution in [0, 0.1) is 5.41 Å². The Morgan fingerprint density at radius 3 is 2.45 bits per heavy atom. The minimum atomic E-state index is -0.341. The van der Waals surface area contributed by atoms with E-state index in [1.54, 1.807) is 0 Å². The average molecular weight is 444 g/mol. The molecule has 0 saturated carbocycles. The highest BCUT2D eigenvalue weighted by Gasteiger charge is 2.27. The zero-order valence-electron chi connectivity index (χ0n) is 19.3. The maximum absolute atomic E-state index is 13.5. The fourth-order valence-electron chi connectivity index (χ4n) is 4.44. The van der Waals surface area contributed by atoms with Crippen LogP contribution >= 0.6 is 0 Å². The number of nitrogens with one attached hydrogen (secondary N) is 2. The minimum Gasteiger partial charge on any atom is -0.384 e. The van der Waals surface area contributed by atoms with Crippen LogP contribution in [0.2, 0.25) is 0 Å². The van der Waals surface area contributed by atoms with Crippen molar-refractivity contribution in [3.8, 4) is 0 Å². The van der Waals surface area contributed by atoms with Gasteiger partial charge in [0.05, 0.1) is 6.04 Å². The van der Waals surface area contributed by atoms with Gasteiger partial charge >= 0.3 is 0 Å². The second kappa shape index (κ2) is 10.6. The third-order valence-electron chi connectivity index (χ3n) is 6.47. The Hall–Kier alpha value is -3.22. The van der Waals surface area contributed by atoms with Crippen LogP contribution in [-0.2, 0) is 17.8 Å². The fraction of sp³-hybridized carbons (Fsp3) is 0.333. The zero-order valence-corrected chi connectivity index (χ0v) is 19.3. The van der Waals surface area contributed by atoms with E-state index in [9.17, 15) is 4.79 Å². The number of likely N-dealkylation sites (N-methyl/N-ethyl adjacent to an activating group) is 1. The predicted octanol–water partition coefficient (Wildman–Crippen LogP) is 2.99. The summed E-state index contributed by atoms with van der Waals surface area (Å²) in [5, 5.41) is 13.7. The molecule has 0 radical (unpaired) electrons. The molecule has 1 atom stereocenters. The summed E-state index contributed by atoms with van der Waals surface area (Å²) in [4.78, 5) is 17.9. The summed E-state index contributed by atoms with van der Waals surface area (Å²) in [6, 6.07) is 22.0. The van der Waals surface area contributed by atoms with E-state index in [1.807, 2.05) is 41.3 Å². The Labute approximate surface area is 195 Å². The van der Waals surface area contributed by atoms with E-state index in [2.05, 4.69) is 47.5 Å². The first-order valence-corrected chi connectivity index (χ1v) is 11.7. The van der Waals surface area contributed by atoms with E-state index < -0.39 is 0 Å². The van der Waals surface area contributed by atoms with Gasteiger partial charge in [-0.15, -0.1) is 0 Å². The quantitative estimate of drug-likeness (QED) is 0.369. The van der Waals surface area contributed by atoms with Crippen LogP contribution in [0.4, 0.5) is 0 Å². The number of piperazine rings is 1. The second-order valence-corrected chi connectivity index (χ2v) is 8.69. The van der Waals surface area contributed by atoms with Gasteiger partial charge in [-0.25, -0.2) is 0 Å². The van der Waals surface area contributed by atoms with E-state index in [1.165, 1.54) is 10.8 Å². The van der Waals surface area contributed by atoms with Crippen LogP contribution in [-0.4, -0.2) is 60.3 Å². The summed E-state index contributed by atoms with van der Waals surface area (Å²) in [5.41, 5.74) is 8.52. The van der Waals surface area contributed by atoms with E-state index in [0.29, 0.717) is 18.5 Å². The minimum absolute atomic E-state index is 0.0412. The maximum atomic E-state index is 13.5. The molecular formula is C27H33N5O. The number of amidine groups is 1. The molecule has 1 heterocycles. The number of carbonyl (C=O) groups excluding carboxylic acids is 1. The van der Waals surface area contributed by atoms with Gasteiger partial charge in [0, 0.05) is 38.3 Å². The molecule has 33 heavy (non-hydrogen) atoms. The molecule has 1 fully saturated rings. The Morgan fingerprint density at radius 2 is 1.73 bits per heavy atom. The maximum Gasteiger partial charge on any atom is 0.240 e. The second-order valence-electron chi connectivity index (χ2n) is 8.69. The van der Waals surface area contributed by atoms with E-state index >= 15 is 0 Å². The van der Waals surface area contributed by atoms with Crippen LogP contribution in [0.25, 0.3) is 10.8 Å². The lowest BCUT2D eigenvalue weighted by Crippen LogP contribution is -2.54. The molecule has 0 spiro atoms. The number of nitrogen functional groups attached to an aromatic ring is 1. The van der Waals surface area contributed by atoms with Crippen molar-refractivity contribution in [1.29, 1.82) is 5.41 Å². The van der Waals surface area contributed by atoms with Crippen LogP contribution in [0.15, 0.2) is 66.7 Å². The van der Waals surface area contributed by atoms with Gasteiger partial charge in [0.1, 0.15) is 5.84 Å². The molecule has 4 N–H and O–H groups in total. The lowest BCUT2D eigenvalue weighted by atomic mass is 10.0. The summed E-state index contributed by atoms with van der Waals surface area (Å²) in [7, 11) is 0. The van der Waals surface area contributed by atoms with Gasteiger partial charge in [-0.1, -0.05) is 61.5 Å². The molecule has 3 aromatic carbocycles. The van der Waals surface area contributed by atoms with Gasteiger partial charge < -0.3 is 20.9 Å². The van der Waals surface area contributed by atoms with Crippen molar-refractivity contribution in [2.75, 3.05) is 32.7 Å². The Bertz CT molecular complexity index is 1120. The van der Waals surface area contributed by atoms with Crippen molar-refractivity contribution in [2.24, 2.45) is 5.73 Å². The topological polar surface area (TPSA) is 85.5 Å². The van der Waals surface area contributed by atoms with Crippen LogP contribution in [0.3, 0.4) is 0 Å². The monoisotopic (exact) mass is 443 g/mol. The number of carbonyl (C=O) groups is 1. The largest absolute Gasteiger partial charge is 0.384 e. The van der Waals surface area contributed by atoms with Crippen molar-refractivity contribution in [1.82, 2.24) is 15.1 Å². The van der Waals surface area contributed by atoms with Gasteiger partial charge in [-0.3, -0.25) is 10.2 Å². The van der Waals surface area contributed by atoms with Crippen LogP contribution < -0.4 is 11.1 Å². The number of benzene rings is 3. The molecule has 172 valence electrons. The normalized spacial score (nSPS) is 15.5. The number of nitrogens with two attached hydrogens (primary N) is 1.